The number of hydrogen-bond acceptors (Lipinski definition) is 3. The highest BCUT2D eigenvalue weighted by atomic mass is 35.5. The van der Waals surface area contributed by atoms with Crippen molar-refractivity contribution in [2.45, 2.75) is 26.3 Å². The van der Waals surface area contributed by atoms with Crippen molar-refractivity contribution in [3.63, 3.8) is 0 Å². The van der Waals surface area contributed by atoms with Crippen molar-refractivity contribution in [1.82, 2.24) is 5.32 Å². The summed E-state index contributed by atoms with van der Waals surface area (Å²) in [5.74, 6) is 2.14. The second kappa shape index (κ2) is 7.49. The maximum absolute atomic E-state index is 5.83. The molecule has 4 heteroatoms. The highest BCUT2D eigenvalue weighted by Gasteiger charge is 2.14. The van der Waals surface area contributed by atoms with Crippen LogP contribution in [0.25, 0.3) is 0 Å². The molecule has 0 radical (unpaired) electrons. The lowest BCUT2D eigenvalue weighted by Gasteiger charge is -2.23. The van der Waals surface area contributed by atoms with Gasteiger partial charge >= 0.3 is 0 Å². The molecule has 0 unspecified atom stereocenters. The van der Waals surface area contributed by atoms with E-state index in [1.165, 1.54) is 0 Å². The predicted molar refractivity (Wildman–Crippen MR) is 75.9 cm³/mol. The topological polar surface area (TPSA) is 30.5 Å². The molecule has 18 heavy (non-hydrogen) atoms. The standard InChI is InChI=1S/C14H22ClNO2/c1-4-17-12-7-5-6-8-13(12)18-10-9-16-14(2,3)11-15/h5-8,16H,4,9-11H2,1-3H3. The van der Waals surface area contributed by atoms with Crippen LogP contribution in [-0.4, -0.2) is 31.2 Å². The lowest BCUT2D eigenvalue weighted by Crippen LogP contribution is -2.43. The van der Waals surface area contributed by atoms with Crippen LogP contribution in [0.1, 0.15) is 20.8 Å². The number of nitrogens with one attached hydrogen (secondary N) is 1. The molecule has 0 fully saturated rings. The first-order valence-electron chi connectivity index (χ1n) is 6.24. The Hall–Kier alpha value is -0.930. The number of ether oxygens (including phenoxy) is 2. The van der Waals surface area contributed by atoms with Crippen molar-refractivity contribution < 1.29 is 9.47 Å². The maximum Gasteiger partial charge on any atom is 0.161 e. The van der Waals surface area contributed by atoms with Gasteiger partial charge < -0.3 is 14.8 Å². The number of alkyl halides is 1. The van der Waals surface area contributed by atoms with E-state index in [4.69, 9.17) is 21.1 Å². The van der Waals surface area contributed by atoms with Crippen LogP contribution in [0.5, 0.6) is 11.5 Å². The average Bonchev–Trinajstić information content (AvgIpc) is 2.37. The molecule has 1 rings (SSSR count). The lowest BCUT2D eigenvalue weighted by atomic mass is 10.1. The molecule has 0 bridgehead atoms. The molecule has 0 saturated heterocycles. The molecule has 0 spiro atoms. The summed E-state index contributed by atoms with van der Waals surface area (Å²) in [6.07, 6.45) is 0. The van der Waals surface area contributed by atoms with Gasteiger partial charge in [-0.15, -0.1) is 11.6 Å². The van der Waals surface area contributed by atoms with Gasteiger partial charge in [-0.2, -0.15) is 0 Å². The van der Waals surface area contributed by atoms with E-state index in [1.807, 2.05) is 31.2 Å². The zero-order valence-electron chi connectivity index (χ0n) is 11.3. The molecular weight excluding hydrogens is 250 g/mol. The highest BCUT2D eigenvalue weighted by Crippen LogP contribution is 2.26. The van der Waals surface area contributed by atoms with Gasteiger partial charge in [0.05, 0.1) is 6.61 Å². The van der Waals surface area contributed by atoms with Crippen molar-refractivity contribution in [3.8, 4) is 11.5 Å². The molecule has 0 aliphatic rings. The summed E-state index contributed by atoms with van der Waals surface area (Å²) < 4.78 is 11.2. The normalized spacial score (nSPS) is 11.3. The lowest BCUT2D eigenvalue weighted by molar-refractivity contribution is 0.265. The van der Waals surface area contributed by atoms with Crippen LogP contribution >= 0.6 is 11.6 Å². The van der Waals surface area contributed by atoms with Crippen LogP contribution in [0.2, 0.25) is 0 Å². The Balaban J connectivity index is 2.39. The summed E-state index contributed by atoms with van der Waals surface area (Å²) >= 11 is 5.83. The molecule has 3 nitrogen and oxygen atoms in total. The molecule has 102 valence electrons. The van der Waals surface area contributed by atoms with E-state index in [0.29, 0.717) is 19.1 Å². The first-order valence-corrected chi connectivity index (χ1v) is 6.78. The minimum absolute atomic E-state index is 0.0651. The summed E-state index contributed by atoms with van der Waals surface area (Å²) in [4.78, 5) is 0. The van der Waals surface area contributed by atoms with Crippen molar-refractivity contribution in [3.05, 3.63) is 24.3 Å². The first kappa shape index (κ1) is 15.1. The largest absolute Gasteiger partial charge is 0.490 e. The number of benzene rings is 1. The van der Waals surface area contributed by atoms with Gasteiger partial charge in [0.15, 0.2) is 11.5 Å². The summed E-state index contributed by atoms with van der Waals surface area (Å²) in [5.41, 5.74) is -0.0651. The smallest absolute Gasteiger partial charge is 0.161 e. The Labute approximate surface area is 114 Å². The van der Waals surface area contributed by atoms with E-state index in [0.717, 1.165) is 18.0 Å². The molecular formula is C14H22ClNO2. The molecule has 0 saturated carbocycles. The molecule has 0 heterocycles. The van der Waals surface area contributed by atoms with Crippen molar-refractivity contribution in [1.29, 1.82) is 0 Å². The molecule has 1 aromatic carbocycles. The fourth-order valence-corrected chi connectivity index (χ4v) is 1.54. The Bertz CT molecular complexity index is 355. The molecule has 1 aromatic rings. The monoisotopic (exact) mass is 271 g/mol. The molecule has 1 N–H and O–H groups in total. The van der Waals surface area contributed by atoms with Gasteiger partial charge in [-0.3, -0.25) is 0 Å². The third-order valence-electron chi connectivity index (χ3n) is 2.45. The van der Waals surface area contributed by atoms with Gasteiger partial charge in [0, 0.05) is 18.0 Å². The summed E-state index contributed by atoms with van der Waals surface area (Å²) in [6.45, 7) is 8.06. The number of para-hydroxylation sites is 2. The zero-order valence-corrected chi connectivity index (χ0v) is 12.1. The van der Waals surface area contributed by atoms with Gasteiger partial charge in [0.2, 0.25) is 0 Å². The van der Waals surface area contributed by atoms with Gasteiger partial charge in [0.25, 0.3) is 0 Å². The van der Waals surface area contributed by atoms with E-state index in [2.05, 4.69) is 19.2 Å². The minimum atomic E-state index is -0.0651. The van der Waals surface area contributed by atoms with Crippen LogP contribution in [0.15, 0.2) is 24.3 Å². The Morgan fingerprint density at radius 3 is 2.33 bits per heavy atom. The Morgan fingerprint density at radius 2 is 1.78 bits per heavy atom. The van der Waals surface area contributed by atoms with Gasteiger partial charge in [0.1, 0.15) is 6.61 Å². The van der Waals surface area contributed by atoms with Crippen LogP contribution < -0.4 is 14.8 Å². The average molecular weight is 272 g/mol. The predicted octanol–water partition coefficient (Wildman–Crippen LogP) is 3.07. The van der Waals surface area contributed by atoms with E-state index < -0.39 is 0 Å². The molecule has 0 aliphatic carbocycles. The summed E-state index contributed by atoms with van der Waals surface area (Å²) in [7, 11) is 0. The first-order chi connectivity index (χ1) is 8.59. The van der Waals surface area contributed by atoms with E-state index in [-0.39, 0.29) is 5.54 Å². The summed E-state index contributed by atoms with van der Waals surface area (Å²) in [6, 6.07) is 7.70. The second-order valence-electron chi connectivity index (χ2n) is 4.67. The fourth-order valence-electron chi connectivity index (χ4n) is 1.44. The van der Waals surface area contributed by atoms with Crippen molar-refractivity contribution in [2.75, 3.05) is 25.6 Å². The van der Waals surface area contributed by atoms with Crippen LogP contribution in [-0.2, 0) is 0 Å². The third kappa shape index (κ3) is 5.15. The minimum Gasteiger partial charge on any atom is -0.490 e. The molecule has 0 aliphatic heterocycles. The van der Waals surface area contributed by atoms with E-state index in [9.17, 15) is 0 Å². The van der Waals surface area contributed by atoms with E-state index in [1.54, 1.807) is 0 Å². The molecule has 0 atom stereocenters. The van der Waals surface area contributed by atoms with Crippen LogP contribution in [0.3, 0.4) is 0 Å². The highest BCUT2D eigenvalue weighted by molar-refractivity contribution is 6.18. The van der Waals surface area contributed by atoms with Gasteiger partial charge in [-0.1, -0.05) is 12.1 Å². The Kier molecular flexibility index (Phi) is 6.30. The van der Waals surface area contributed by atoms with Crippen LogP contribution in [0.4, 0.5) is 0 Å². The number of rotatable bonds is 8. The zero-order chi connectivity index (χ0) is 13.4. The molecule has 0 aromatic heterocycles. The SMILES string of the molecule is CCOc1ccccc1OCCNC(C)(C)CCl. The van der Waals surface area contributed by atoms with Gasteiger partial charge in [-0.05, 0) is 32.9 Å². The van der Waals surface area contributed by atoms with Gasteiger partial charge in [-0.25, -0.2) is 0 Å². The van der Waals surface area contributed by atoms with E-state index >= 15 is 0 Å². The quantitative estimate of drug-likeness (QED) is 0.582. The molecule has 0 amide bonds. The second-order valence-corrected chi connectivity index (χ2v) is 4.94. The van der Waals surface area contributed by atoms with Crippen molar-refractivity contribution in [2.24, 2.45) is 0 Å². The fraction of sp³-hybridized carbons (Fsp3) is 0.571. The number of halogens is 1. The maximum atomic E-state index is 5.83. The van der Waals surface area contributed by atoms with Crippen molar-refractivity contribution >= 4 is 11.6 Å². The number of hydrogen-bond donors (Lipinski definition) is 1. The van der Waals surface area contributed by atoms with Crippen LogP contribution in [0, 0.1) is 0 Å². The summed E-state index contributed by atoms with van der Waals surface area (Å²) in [5, 5.41) is 3.33. The third-order valence-corrected chi connectivity index (χ3v) is 3.11. The Morgan fingerprint density at radius 1 is 1.17 bits per heavy atom.